The third kappa shape index (κ3) is 5.69. The minimum absolute atomic E-state index is 0.273. The van der Waals surface area contributed by atoms with Crippen LogP contribution >= 0.6 is 0 Å². The Morgan fingerprint density at radius 3 is 2.29 bits per heavy atom. The molecule has 6 heteroatoms. The highest BCUT2D eigenvalue weighted by atomic mass is 16.5. The molecule has 0 unspecified atom stereocenters. The van der Waals surface area contributed by atoms with Crippen molar-refractivity contribution in [3.05, 3.63) is 94.3 Å². The summed E-state index contributed by atoms with van der Waals surface area (Å²) >= 11 is 0. The Kier molecular flexibility index (Phi) is 7.03. The van der Waals surface area contributed by atoms with Gasteiger partial charge in [0.2, 0.25) is 5.78 Å². The van der Waals surface area contributed by atoms with Crippen LogP contribution in [0.3, 0.4) is 0 Å². The fraction of sp³-hybridized carbons (Fsp3) is 0.240. The SMILES string of the molecule is Cc1ccc(C(=O)NCC(=O)OCC(=O)c2cc(C)n(Cc3ccccc3)c2C)cc1. The molecule has 0 saturated heterocycles. The zero-order chi connectivity index (χ0) is 22.4. The third-order valence-electron chi connectivity index (χ3n) is 5.13. The largest absolute Gasteiger partial charge is 0.456 e. The Bertz CT molecular complexity index is 1080. The highest BCUT2D eigenvalue weighted by molar-refractivity contribution is 6.00. The third-order valence-corrected chi connectivity index (χ3v) is 5.13. The molecule has 1 aromatic heterocycles. The minimum atomic E-state index is -0.660. The molecule has 0 spiro atoms. The standard InChI is InChI=1S/C25H26N2O4/c1-17-9-11-21(12-10-17)25(30)26-14-24(29)31-16-23(28)22-13-18(2)27(19(22)3)15-20-7-5-4-6-8-20/h4-13H,14-16H2,1-3H3,(H,26,30). The number of nitrogens with zero attached hydrogens (tertiary/aromatic N) is 1. The number of ether oxygens (including phenoxy) is 1. The lowest BCUT2D eigenvalue weighted by atomic mass is 10.1. The zero-order valence-corrected chi connectivity index (χ0v) is 18.0. The van der Waals surface area contributed by atoms with Gasteiger partial charge in [-0.2, -0.15) is 0 Å². The molecule has 2 aromatic carbocycles. The molecular formula is C25H26N2O4. The van der Waals surface area contributed by atoms with E-state index >= 15 is 0 Å². The number of hydrogen-bond donors (Lipinski definition) is 1. The summed E-state index contributed by atoms with van der Waals surface area (Å²) in [5.74, 6) is -1.30. The van der Waals surface area contributed by atoms with Crippen molar-refractivity contribution in [2.45, 2.75) is 27.3 Å². The highest BCUT2D eigenvalue weighted by Crippen LogP contribution is 2.18. The van der Waals surface area contributed by atoms with Crippen LogP contribution in [0, 0.1) is 20.8 Å². The van der Waals surface area contributed by atoms with E-state index in [2.05, 4.69) is 9.88 Å². The van der Waals surface area contributed by atoms with Crippen molar-refractivity contribution in [2.75, 3.05) is 13.2 Å². The number of nitrogens with one attached hydrogen (secondary N) is 1. The predicted octanol–water partition coefficient (Wildman–Crippen LogP) is 3.62. The van der Waals surface area contributed by atoms with Gasteiger partial charge in [-0.05, 0) is 44.5 Å². The van der Waals surface area contributed by atoms with Crippen molar-refractivity contribution in [3.8, 4) is 0 Å². The summed E-state index contributed by atoms with van der Waals surface area (Å²) in [4.78, 5) is 36.6. The molecule has 1 amide bonds. The Morgan fingerprint density at radius 2 is 1.61 bits per heavy atom. The van der Waals surface area contributed by atoms with Gasteiger partial charge >= 0.3 is 5.97 Å². The van der Waals surface area contributed by atoms with Crippen LogP contribution in [0.4, 0.5) is 0 Å². The second-order valence-electron chi connectivity index (χ2n) is 7.49. The monoisotopic (exact) mass is 418 g/mol. The van der Waals surface area contributed by atoms with Gasteiger partial charge in [-0.25, -0.2) is 0 Å². The second kappa shape index (κ2) is 9.89. The molecule has 3 aromatic rings. The fourth-order valence-corrected chi connectivity index (χ4v) is 3.33. The molecule has 1 heterocycles. The van der Waals surface area contributed by atoms with Gasteiger partial charge in [0.1, 0.15) is 6.54 Å². The van der Waals surface area contributed by atoms with Crippen LogP contribution in [0.15, 0.2) is 60.7 Å². The van der Waals surface area contributed by atoms with Crippen LogP contribution in [0.5, 0.6) is 0 Å². The molecule has 0 aliphatic heterocycles. The maximum absolute atomic E-state index is 12.6. The summed E-state index contributed by atoms with van der Waals surface area (Å²) in [7, 11) is 0. The van der Waals surface area contributed by atoms with E-state index in [4.69, 9.17) is 4.74 Å². The molecule has 0 bridgehead atoms. The average Bonchev–Trinajstić information content (AvgIpc) is 3.05. The van der Waals surface area contributed by atoms with Gasteiger partial charge < -0.3 is 14.6 Å². The summed E-state index contributed by atoms with van der Waals surface area (Å²) in [5, 5.41) is 2.50. The number of benzene rings is 2. The first-order valence-corrected chi connectivity index (χ1v) is 10.1. The maximum atomic E-state index is 12.6. The lowest BCUT2D eigenvalue weighted by molar-refractivity contribution is -0.141. The van der Waals surface area contributed by atoms with E-state index in [0.717, 1.165) is 22.5 Å². The van der Waals surface area contributed by atoms with Crippen molar-refractivity contribution in [3.63, 3.8) is 0 Å². The van der Waals surface area contributed by atoms with Crippen LogP contribution in [0.1, 0.15) is 43.2 Å². The average molecular weight is 418 g/mol. The van der Waals surface area contributed by atoms with Crippen molar-refractivity contribution < 1.29 is 19.1 Å². The van der Waals surface area contributed by atoms with Crippen LogP contribution in [-0.2, 0) is 16.1 Å². The molecular weight excluding hydrogens is 392 g/mol. The van der Waals surface area contributed by atoms with Gasteiger partial charge in [-0.15, -0.1) is 0 Å². The smallest absolute Gasteiger partial charge is 0.325 e. The first-order chi connectivity index (χ1) is 14.8. The summed E-state index contributed by atoms with van der Waals surface area (Å²) < 4.78 is 7.14. The van der Waals surface area contributed by atoms with E-state index in [0.29, 0.717) is 17.7 Å². The lowest BCUT2D eigenvalue weighted by Gasteiger charge is -2.10. The number of aromatic nitrogens is 1. The number of esters is 1. The van der Waals surface area contributed by atoms with Crippen LogP contribution in [0.2, 0.25) is 0 Å². The van der Waals surface area contributed by atoms with E-state index in [9.17, 15) is 14.4 Å². The van der Waals surface area contributed by atoms with Crippen LogP contribution in [0.25, 0.3) is 0 Å². The fourth-order valence-electron chi connectivity index (χ4n) is 3.33. The van der Waals surface area contributed by atoms with Gasteiger partial charge in [-0.1, -0.05) is 48.0 Å². The first kappa shape index (κ1) is 22.0. The van der Waals surface area contributed by atoms with E-state index in [-0.39, 0.29) is 24.8 Å². The zero-order valence-electron chi connectivity index (χ0n) is 18.0. The van der Waals surface area contributed by atoms with Gasteiger partial charge in [-0.3, -0.25) is 14.4 Å². The predicted molar refractivity (Wildman–Crippen MR) is 118 cm³/mol. The number of rotatable bonds is 8. The molecule has 0 aliphatic rings. The number of ketones is 1. The number of Topliss-reactive ketones (excluding diaryl/α,β-unsaturated/α-hetero) is 1. The highest BCUT2D eigenvalue weighted by Gasteiger charge is 2.18. The quantitative estimate of drug-likeness (QED) is 0.448. The van der Waals surface area contributed by atoms with E-state index in [1.807, 2.05) is 69.3 Å². The molecule has 31 heavy (non-hydrogen) atoms. The van der Waals surface area contributed by atoms with Gasteiger partial charge in [0, 0.05) is 29.1 Å². The van der Waals surface area contributed by atoms with Crippen LogP contribution < -0.4 is 5.32 Å². The molecule has 0 fully saturated rings. The van der Waals surface area contributed by atoms with E-state index < -0.39 is 5.97 Å². The topological polar surface area (TPSA) is 77.4 Å². The molecule has 1 N–H and O–H groups in total. The summed E-state index contributed by atoms with van der Waals surface area (Å²) in [5.41, 5.74) is 4.96. The number of hydrogen-bond acceptors (Lipinski definition) is 4. The first-order valence-electron chi connectivity index (χ1n) is 10.1. The van der Waals surface area contributed by atoms with Crippen LogP contribution in [-0.4, -0.2) is 35.4 Å². The Hall–Kier alpha value is -3.67. The van der Waals surface area contributed by atoms with Crippen molar-refractivity contribution in [2.24, 2.45) is 0 Å². The van der Waals surface area contributed by atoms with Gasteiger partial charge in [0.05, 0.1) is 0 Å². The van der Waals surface area contributed by atoms with Crippen molar-refractivity contribution in [1.82, 2.24) is 9.88 Å². The van der Waals surface area contributed by atoms with E-state index in [1.54, 1.807) is 12.1 Å². The van der Waals surface area contributed by atoms with Crippen molar-refractivity contribution >= 4 is 17.7 Å². The summed E-state index contributed by atoms with van der Waals surface area (Å²) in [6, 6.07) is 18.8. The van der Waals surface area contributed by atoms with E-state index in [1.165, 1.54) is 0 Å². The lowest BCUT2D eigenvalue weighted by Crippen LogP contribution is -2.31. The summed E-state index contributed by atoms with van der Waals surface area (Å²) in [6.07, 6.45) is 0. The van der Waals surface area contributed by atoms with Gasteiger partial charge in [0.15, 0.2) is 6.61 Å². The molecule has 6 nitrogen and oxygen atoms in total. The molecule has 160 valence electrons. The molecule has 0 saturated carbocycles. The number of carbonyl (C=O) groups is 3. The Balaban J connectivity index is 1.53. The second-order valence-corrected chi connectivity index (χ2v) is 7.49. The number of amides is 1. The number of aryl methyl sites for hydroxylation is 2. The summed E-state index contributed by atoms with van der Waals surface area (Å²) in [6.45, 7) is 5.75. The van der Waals surface area contributed by atoms with Crippen molar-refractivity contribution in [1.29, 1.82) is 0 Å². The maximum Gasteiger partial charge on any atom is 0.325 e. The molecule has 3 rings (SSSR count). The molecule has 0 atom stereocenters. The minimum Gasteiger partial charge on any atom is -0.456 e. The molecule has 0 aliphatic carbocycles. The van der Waals surface area contributed by atoms with Gasteiger partial charge in [0.25, 0.3) is 5.91 Å². The Labute approximate surface area is 181 Å². The Morgan fingerprint density at radius 1 is 0.935 bits per heavy atom. The normalized spacial score (nSPS) is 10.5. The number of carbonyl (C=O) groups excluding carboxylic acids is 3. The molecule has 0 radical (unpaired) electrons.